The maximum atomic E-state index is 13.9. The Morgan fingerprint density at radius 1 is 1.25 bits per heavy atom. The largest absolute Gasteiger partial charge is 0.370 e. The minimum absolute atomic E-state index is 0.0535. The summed E-state index contributed by atoms with van der Waals surface area (Å²) in [5.74, 6) is -0.432. The number of fused-ring (bicyclic) bond motifs is 2. The number of aromatic nitrogens is 6. The molecule has 1 unspecified atom stereocenters. The number of benzene rings is 1. The van der Waals surface area contributed by atoms with Crippen LogP contribution in [0.3, 0.4) is 0 Å². The van der Waals surface area contributed by atoms with Gasteiger partial charge in [0.2, 0.25) is 11.6 Å². The molecule has 2 fully saturated rings. The highest BCUT2D eigenvalue weighted by Crippen LogP contribution is 2.39. The molecule has 36 heavy (non-hydrogen) atoms. The molecule has 184 valence electrons. The van der Waals surface area contributed by atoms with Crippen molar-refractivity contribution in [1.82, 2.24) is 40.0 Å². The van der Waals surface area contributed by atoms with Crippen molar-refractivity contribution in [2.24, 2.45) is 0 Å². The first-order chi connectivity index (χ1) is 17.5. The van der Waals surface area contributed by atoms with Crippen molar-refractivity contribution in [2.45, 2.75) is 30.9 Å². The number of nitrogens with zero attached hydrogens (tertiary/aromatic N) is 9. The van der Waals surface area contributed by atoms with E-state index in [1.165, 1.54) is 17.1 Å². The summed E-state index contributed by atoms with van der Waals surface area (Å²) in [5, 5.41) is 11.1. The van der Waals surface area contributed by atoms with Crippen LogP contribution in [0.15, 0.2) is 24.7 Å². The Morgan fingerprint density at radius 3 is 2.94 bits per heavy atom. The third-order valence-corrected chi connectivity index (χ3v) is 7.54. The fraction of sp³-hybridized carbons (Fsp3) is 0.435. The number of carbonyl (C=O) groups excluding carboxylic acids is 1. The number of amides is 1. The summed E-state index contributed by atoms with van der Waals surface area (Å²) in [6.45, 7) is 10.0. The van der Waals surface area contributed by atoms with Gasteiger partial charge in [-0.1, -0.05) is 17.7 Å². The van der Waals surface area contributed by atoms with E-state index in [4.69, 9.17) is 22.9 Å². The third-order valence-electron chi connectivity index (χ3n) is 7.15. The van der Waals surface area contributed by atoms with Gasteiger partial charge in [-0.2, -0.15) is 4.68 Å². The predicted octanol–water partition coefficient (Wildman–Crippen LogP) is 2.11. The van der Waals surface area contributed by atoms with Crippen molar-refractivity contribution in [3.8, 4) is 5.95 Å². The number of rotatable bonds is 3. The van der Waals surface area contributed by atoms with Crippen LogP contribution in [0, 0.1) is 12.4 Å². The number of piperazine rings is 1. The predicted molar refractivity (Wildman–Crippen MR) is 124 cm³/mol. The van der Waals surface area contributed by atoms with Crippen molar-refractivity contribution in [2.75, 3.05) is 32.8 Å². The lowest BCUT2D eigenvalue weighted by molar-refractivity contribution is -0.141. The highest BCUT2D eigenvalue weighted by atomic mass is 35.5. The standard InChI is InChI=1S/C23H21ClFN9O2/c1-26-21-17(25)4-2-15(20(21)24)19-10-32-6-7-33(9-13(32)11-36-19)22(35)14-3-5-18-16(14)8-27-23(29-18)34-12-28-30-31-34/h2,4,8,12-14,19H,3,5-7,9-11H2/t13-,14?,19-/m1/s1. The van der Waals surface area contributed by atoms with Crippen molar-refractivity contribution >= 4 is 23.2 Å². The lowest BCUT2D eigenvalue weighted by Crippen LogP contribution is -2.60. The zero-order chi connectivity index (χ0) is 24.8. The molecule has 11 nitrogen and oxygen atoms in total. The van der Waals surface area contributed by atoms with Gasteiger partial charge in [-0.15, -0.1) is 5.10 Å². The van der Waals surface area contributed by atoms with E-state index < -0.39 is 5.82 Å². The van der Waals surface area contributed by atoms with Gasteiger partial charge in [-0.25, -0.2) is 19.2 Å². The van der Waals surface area contributed by atoms with Gasteiger partial charge < -0.3 is 9.64 Å². The SMILES string of the molecule is [C-]#[N+]c1c(F)ccc([C@H]2CN3CCN(C(=O)C4CCc5nc(-n6cnnn6)ncc54)C[C@@H]3CO2)c1Cl. The van der Waals surface area contributed by atoms with Crippen LogP contribution in [0.5, 0.6) is 0 Å². The molecule has 1 amide bonds. The van der Waals surface area contributed by atoms with Gasteiger partial charge in [0.1, 0.15) is 12.1 Å². The number of halogens is 2. The van der Waals surface area contributed by atoms with Crippen molar-refractivity contribution in [3.05, 3.63) is 63.7 Å². The van der Waals surface area contributed by atoms with Crippen LogP contribution >= 0.6 is 11.6 Å². The number of tetrazole rings is 1. The zero-order valence-corrected chi connectivity index (χ0v) is 19.8. The number of hydrogen-bond donors (Lipinski definition) is 0. The van der Waals surface area contributed by atoms with E-state index in [2.05, 4.69) is 35.2 Å². The molecule has 0 saturated carbocycles. The summed E-state index contributed by atoms with van der Waals surface area (Å²) >= 11 is 6.31. The van der Waals surface area contributed by atoms with Crippen LogP contribution < -0.4 is 0 Å². The summed E-state index contributed by atoms with van der Waals surface area (Å²) in [5.41, 5.74) is 2.15. The highest BCUT2D eigenvalue weighted by Gasteiger charge is 2.40. The fourth-order valence-corrected chi connectivity index (χ4v) is 5.58. The molecule has 2 aromatic heterocycles. The number of ether oxygens (including phenoxy) is 1. The number of hydrogen-bond acceptors (Lipinski definition) is 8. The molecular weight excluding hydrogens is 489 g/mol. The average molecular weight is 510 g/mol. The summed E-state index contributed by atoms with van der Waals surface area (Å²) in [6.07, 6.45) is 4.18. The van der Waals surface area contributed by atoms with Crippen LogP contribution in [-0.4, -0.2) is 84.7 Å². The Morgan fingerprint density at radius 2 is 2.14 bits per heavy atom. The fourth-order valence-electron chi connectivity index (χ4n) is 5.26. The second-order valence-electron chi connectivity index (χ2n) is 9.08. The van der Waals surface area contributed by atoms with Crippen molar-refractivity contribution < 1.29 is 13.9 Å². The van der Waals surface area contributed by atoms with Crippen LogP contribution in [0.1, 0.15) is 35.3 Å². The summed E-state index contributed by atoms with van der Waals surface area (Å²) in [7, 11) is 0. The lowest BCUT2D eigenvalue weighted by Gasteiger charge is -2.46. The molecule has 0 N–H and O–H groups in total. The molecule has 3 aromatic rings. The molecule has 3 atom stereocenters. The molecular formula is C23H21ClFN9O2. The zero-order valence-electron chi connectivity index (χ0n) is 19.1. The molecule has 13 heteroatoms. The molecule has 1 aromatic carbocycles. The van der Waals surface area contributed by atoms with Gasteiger partial charge in [0.25, 0.3) is 5.95 Å². The summed E-state index contributed by atoms with van der Waals surface area (Å²) in [4.78, 5) is 29.8. The molecule has 3 aliphatic rings. The maximum absolute atomic E-state index is 13.9. The molecule has 0 bridgehead atoms. The summed E-state index contributed by atoms with van der Waals surface area (Å²) < 4.78 is 21.4. The minimum atomic E-state index is -0.634. The average Bonchev–Trinajstić information content (AvgIpc) is 3.58. The molecule has 1 aliphatic carbocycles. The van der Waals surface area contributed by atoms with Gasteiger partial charge in [0, 0.05) is 37.9 Å². The third kappa shape index (κ3) is 3.89. The quantitative estimate of drug-likeness (QED) is 0.494. The Balaban J connectivity index is 1.12. The van der Waals surface area contributed by atoms with E-state index in [9.17, 15) is 9.18 Å². The van der Waals surface area contributed by atoms with Gasteiger partial charge in [0.15, 0.2) is 0 Å². The first-order valence-electron chi connectivity index (χ1n) is 11.6. The number of carbonyl (C=O) groups is 1. The van der Waals surface area contributed by atoms with Crippen LogP contribution in [0.25, 0.3) is 10.8 Å². The Labute approximate surface area is 210 Å². The molecule has 6 rings (SSSR count). The lowest BCUT2D eigenvalue weighted by atomic mass is 9.99. The topological polar surface area (TPSA) is 107 Å². The first kappa shape index (κ1) is 22.9. The van der Waals surface area contributed by atoms with Gasteiger partial charge in [-0.3, -0.25) is 9.69 Å². The first-order valence-corrected chi connectivity index (χ1v) is 12.0. The van der Waals surface area contributed by atoms with Gasteiger partial charge in [0.05, 0.1) is 42.0 Å². The number of morpholine rings is 1. The van der Waals surface area contributed by atoms with E-state index in [0.29, 0.717) is 57.1 Å². The van der Waals surface area contributed by atoms with Crippen molar-refractivity contribution in [1.29, 1.82) is 0 Å². The molecule has 0 spiro atoms. The molecule has 4 heterocycles. The molecule has 2 saturated heterocycles. The minimum Gasteiger partial charge on any atom is -0.370 e. The van der Waals surface area contributed by atoms with Crippen LogP contribution in [0.2, 0.25) is 5.02 Å². The van der Waals surface area contributed by atoms with E-state index in [1.807, 2.05) is 4.90 Å². The summed E-state index contributed by atoms with van der Waals surface area (Å²) in [6, 6.07) is 2.90. The van der Waals surface area contributed by atoms with E-state index in [1.54, 1.807) is 12.3 Å². The second-order valence-corrected chi connectivity index (χ2v) is 9.46. The highest BCUT2D eigenvalue weighted by molar-refractivity contribution is 6.34. The Kier molecular flexibility index (Phi) is 5.83. The smallest absolute Gasteiger partial charge is 0.253 e. The van der Waals surface area contributed by atoms with Crippen LogP contribution in [0.4, 0.5) is 10.1 Å². The Bertz CT molecular complexity index is 1360. The van der Waals surface area contributed by atoms with Crippen LogP contribution in [-0.2, 0) is 16.0 Å². The van der Waals surface area contributed by atoms with E-state index in [0.717, 1.165) is 11.3 Å². The van der Waals surface area contributed by atoms with E-state index in [-0.39, 0.29) is 34.7 Å². The second kappa shape index (κ2) is 9.16. The maximum Gasteiger partial charge on any atom is 0.253 e. The normalized spacial score (nSPS) is 23.7. The van der Waals surface area contributed by atoms with Crippen molar-refractivity contribution in [3.63, 3.8) is 0 Å². The van der Waals surface area contributed by atoms with Gasteiger partial charge in [-0.05, 0) is 34.9 Å². The Hall–Kier alpha value is -3.53. The van der Waals surface area contributed by atoms with E-state index >= 15 is 0 Å². The number of aryl methyl sites for hydroxylation is 1. The molecule has 2 aliphatic heterocycles. The monoisotopic (exact) mass is 509 g/mol. The molecule has 0 radical (unpaired) electrons. The van der Waals surface area contributed by atoms with Gasteiger partial charge >= 0.3 is 0 Å².